The van der Waals surface area contributed by atoms with Gasteiger partial charge in [0.1, 0.15) is 12.4 Å². The Kier molecular flexibility index (Phi) is 4.73. The number of rotatable bonds is 6. The topological polar surface area (TPSA) is 34.2 Å². The number of ether oxygens (including phenoxy) is 1. The molecule has 0 aromatic carbocycles. The minimum atomic E-state index is 0.613. The highest BCUT2D eigenvalue weighted by Gasteiger charge is 2.06. The highest BCUT2D eigenvalue weighted by atomic mass is 32.1. The van der Waals surface area contributed by atoms with Crippen LogP contribution in [0.1, 0.15) is 23.2 Å². The third-order valence-corrected chi connectivity index (χ3v) is 3.41. The minimum Gasteiger partial charge on any atom is -0.486 e. The quantitative estimate of drug-likeness (QED) is 0.868. The van der Waals surface area contributed by atoms with Crippen LogP contribution in [0.4, 0.5) is 0 Å². The number of hydrogen-bond acceptors (Lipinski definition) is 4. The normalized spacial score (nSPS) is 10.6. The molecule has 2 aromatic rings. The summed E-state index contributed by atoms with van der Waals surface area (Å²) in [5, 5.41) is 5.35. The first-order chi connectivity index (χ1) is 8.79. The lowest BCUT2D eigenvalue weighted by Crippen LogP contribution is -2.14. The second-order valence-corrected chi connectivity index (χ2v) is 5.08. The van der Waals surface area contributed by atoms with Gasteiger partial charge in [0.15, 0.2) is 0 Å². The third kappa shape index (κ3) is 3.55. The van der Waals surface area contributed by atoms with E-state index >= 15 is 0 Å². The molecule has 0 amide bonds. The van der Waals surface area contributed by atoms with Gasteiger partial charge in [-0.1, -0.05) is 13.0 Å². The molecule has 0 radical (unpaired) electrons. The summed E-state index contributed by atoms with van der Waals surface area (Å²) < 4.78 is 5.84. The predicted octanol–water partition coefficient (Wildman–Crippen LogP) is 3.14. The maximum absolute atomic E-state index is 5.84. The zero-order chi connectivity index (χ0) is 12.8. The van der Waals surface area contributed by atoms with Gasteiger partial charge in [0, 0.05) is 17.1 Å². The van der Waals surface area contributed by atoms with E-state index in [0.29, 0.717) is 6.61 Å². The number of pyridine rings is 1. The largest absolute Gasteiger partial charge is 0.486 e. The van der Waals surface area contributed by atoms with Crippen molar-refractivity contribution in [1.82, 2.24) is 10.3 Å². The highest BCUT2D eigenvalue weighted by molar-refractivity contribution is 7.09. The summed E-state index contributed by atoms with van der Waals surface area (Å²) in [4.78, 5) is 5.75. The van der Waals surface area contributed by atoms with Crippen LogP contribution in [0.5, 0.6) is 5.75 Å². The van der Waals surface area contributed by atoms with Crippen LogP contribution in [-0.4, -0.2) is 11.5 Å². The molecular weight excluding hydrogens is 244 g/mol. The Morgan fingerprint density at radius 3 is 2.94 bits per heavy atom. The van der Waals surface area contributed by atoms with Crippen molar-refractivity contribution < 1.29 is 4.74 Å². The lowest BCUT2D eigenvalue weighted by molar-refractivity contribution is 0.303. The van der Waals surface area contributed by atoms with E-state index in [1.165, 1.54) is 4.88 Å². The fourth-order valence-electron chi connectivity index (χ4n) is 1.64. The van der Waals surface area contributed by atoms with Crippen molar-refractivity contribution >= 4 is 11.3 Å². The molecule has 2 heterocycles. The molecule has 3 nitrogen and oxygen atoms in total. The zero-order valence-electron chi connectivity index (χ0n) is 10.8. The number of thiophene rings is 1. The first-order valence-corrected chi connectivity index (χ1v) is 7.00. The van der Waals surface area contributed by atoms with Gasteiger partial charge in [-0.05, 0) is 37.0 Å². The van der Waals surface area contributed by atoms with Crippen LogP contribution in [0.25, 0.3) is 0 Å². The van der Waals surface area contributed by atoms with Crippen LogP contribution in [0.2, 0.25) is 0 Å². The molecule has 0 aliphatic carbocycles. The maximum Gasteiger partial charge on any atom is 0.142 e. The van der Waals surface area contributed by atoms with E-state index in [4.69, 9.17) is 4.74 Å². The van der Waals surface area contributed by atoms with Crippen LogP contribution < -0.4 is 10.1 Å². The molecule has 96 valence electrons. The molecular formula is C14H18N2OS. The van der Waals surface area contributed by atoms with Crippen LogP contribution >= 0.6 is 11.3 Å². The van der Waals surface area contributed by atoms with Crippen molar-refractivity contribution in [3.05, 3.63) is 45.9 Å². The smallest absolute Gasteiger partial charge is 0.142 e. The molecule has 0 saturated heterocycles. The van der Waals surface area contributed by atoms with E-state index in [0.717, 1.165) is 30.2 Å². The van der Waals surface area contributed by atoms with Gasteiger partial charge in [0.25, 0.3) is 0 Å². The average Bonchev–Trinajstić information content (AvgIpc) is 2.88. The van der Waals surface area contributed by atoms with Crippen molar-refractivity contribution in [1.29, 1.82) is 0 Å². The lowest BCUT2D eigenvalue weighted by Gasteiger charge is -2.11. The Morgan fingerprint density at radius 2 is 2.22 bits per heavy atom. The van der Waals surface area contributed by atoms with Gasteiger partial charge < -0.3 is 10.1 Å². The number of nitrogens with one attached hydrogen (secondary N) is 1. The van der Waals surface area contributed by atoms with E-state index in [1.54, 1.807) is 11.3 Å². The molecule has 1 N–H and O–H groups in total. The summed E-state index contributed by atoms with van der Waals surface area (Å²) in [6.45, 7) is 6.37. The van der Waals surface area contributed by atoms with E-state index in [-0.39, 0.29) is 0 Å². The molecule has 0 aliphatic rings. The Labute approximate surface area is 112 Å². The molecule has 18 heavy (non-hydrogen) atoms. The summed E-state index contributed by atoms with van der Waals surface area (Å²) >= 11 is 1.71. The van der Waals surface area contributed by atoms with E-state index in [9.17, 15) is 0 Å². The van der Waals surface area contributed by atoms with Crippen molar-refractivity contribution in [2.75, 3.05) is 6.54 Å². The number of nitrogens with zero attached hydrogens (tertiary/aromatic N) is 1. The maximum atomic E-state index is 5.84. The summed E-state index contributed by atoms with van der Waals surface area (Å²) in [5.74, 6) is 0.870. The summed E-state index contributed by atoms with van der Waals surface area (Å²) in [5.41, 5.74) is 2.00. The number of hydrogen-bond donors (Lipinski definition) is 1. The number of aromatic nitrogens is 1. The SMILES string of the molecule is CCNCc1nc(C)ccc1OCc1cccs1. The minimum absolute atomic E-state index is 0.613. The Morgan fingerprint density at radius 1 is 1.33 bits per heavy atom. The fraction of sp³-hybridized carbons (Fsp3) is 0.357. The van der Waals surface area contributed by atoms with Gasteiger partial charge in [0.2, 0.25) is 0 Å². The number of aryl methyl sites for hydroxylation is 1. The standard InChI is InChI=1S/C14H18N2OS/c1-3-15-9-13-14(7-6-11(2)16-13)17-10-12-5-4-8-18-12/h4-8,15H,3,9-10H2,1-2H3. The van der Waals surface area contributed by atoms with Crippen LogP contribution in [0.3, 0.4) is 0 Å². The van der Waals surface area contributed by atoms with Crippen molar-refractivity contribution in [2.24, 2.45) is 0 Å². The third-order valence-electron chi connectivity index (χ3n) is 2.56. The molecule has 2 aromatic heterocycles. The molecule has 0 aliphatic heterocycles. The Bertz CT molecular complexity index is 483. The molecule has 0 spiro atoms. The van der Waals surface area contributed by atoms with Gasteiger partial charge in [-0.2, -0.15) is 0 Å². The second kappa shape index (κ2) is 6.52. The summed E-state index contributed by atoms with van der Waals surface area (Å²) in [6.07, 6.45) is 0. The average molecular weight is 262 g/mol. The molecule has 0 unspecified atom stereocenters. The van der Waals surface area contributed by atoms with Gasteiger partial charge in [0.05, 0.1) is 5.69 Å². The fourth-order valence-corrected chi connectivity index (χ4v) is 2.26. The van der Waals surface area contributed by atoms with Crippen molar-refractivity contribution in [2.45, 2.75) is 27.0 Å². The Hall–Kier alpha value is -1.39. The van der Waals surface area contributed by atoms with E-state index < -0.39 is 0 Å². The molecule has 0 fully saturated rings. The summed E-state index contributed by atoms with van der Waals surface area (Å²) in [6, 6.07) is 8.11. The monoisotopic (exact) mass is 262 g/mol. The van der Waals surface area contributed by atoms with Gasteiger partial charge in [-0.3, -0.25) is 4.98 Å². The molecule has 0 atom stereocenters. The zero-order valence-corrected chi connectivity index (χ0v) is 11.6. The van der Waals surface area contributed by atoms with Crippen LogP contribution in [-0.2, 0) is 13.2 Å². The second-order valence-electron chi connectivity index (χ2n) is 4.05. The highest BCUT2D eigenvalue weighted by Crippen LogP contribution is 2.19. The molecule has 2 rings (SSSR count). The van der Waals surface area contributed by atoms with Crippen molar-refractivity contribution in [3.8, 4) is 5.75 Å². The molecule has 4 heteroatoms. The van der Waals surface area contributed by atoms with E-state index in [1.807, 2.05) is 25.1 Å². The van der Waals surface area contributed by atoms with Crippen LogP contribution in [0.15, 0.2) is 29.6 Å². The molecule has 0 bridgehead atoms. The van der Waals surface area contributed by atoms with Crippen LogP contribution in [0, 0.1) is 6.92 Å². The predicted molar refractivity (Wildman–Crippen MR) is 75.0 cm³/mol. The van der Waals surface area contributed by atoms with Crippen molar-refractivity contribution in [3.63, 3.8) is 0 Å². The van der Waals surface area contributed by atoms with E-state index in [2.05, 4.69) is 28.7 Å². The summed E-state index contributed by atoms with van der Waals surface area (Å²) in [7, 11) is 0. The Balaban J connectivity index is 2.05. The van der Waals surface area contributed by atoms with Gasteiger partial charge >= 0.3 is 0 Å². The van der Waals surface area contributed by atoms with Gasteiger partial charge in [-0.15, -0.1) is 11.3 Å². The van der Waals surface area contributed by atoms with Gasteiger partial charge in [-0.25, -0.2) is 0 Å². The lowest BCUT2D eigenvalue weighted by atomic mass is 10.3. The first-order valence-electron chi connectivity index (χ1n) is 6.12. The molecule has 0 saturated carbocycles. The first kappa shape index (κ1) is 13.1.